The molecule has 0 spiro atoms. The van der Waals surface area contributed by atoms with Gasteiger partial charge in [-0.2, -0.15) is 0 Å². The Morgan fingerprint density at radius 3 is 2.10 bits per heavy atom. The Hall–Kier alpha value is -2.07. The van der Waals surface area contributed by atoms with Gasteiger partial charge in [-0.1, -0.05) is 18.2 Å². The molecular weight excluding hydrogens is 265 g/mol. The molecule has 0 bridgehead atoms. The second-order valence-corrected chi connectivity index (χ2v) is 5.33. The van der Waals surface area contributed by atoms with E-state index in [4.69, 9.17) is 5.73 Å². The molecule has 2 aromatic rings. The summed E-state index contributed by atoms with van der Waals surface area (Å²) in [5, 5.41) is 0. The van der Waals surface area contributed by atoms with Gasteiger partial charge in [0.25, 0.3) is 0 Å². The van der Waals surface area contributed by atoms with Crippen LogP contribution < -0.4 is 15.5 Å². The highest BCUT2D eigenvalue weighted by atomic mass is 19.1. The van der Waals surface area contributed by atoms with E-state index in [9.17, 15) is 4.39 Å². The van der Waals surface area contributed by atoms with Crippen LogP contribution in [0.5, 0.6) is 0 Å². The Morgan fingerprint density at radius 2 is 1.48 bits per heavy atom. The van der Waals surface area contributed by atoms with Gasteiger partial charge in [0, 0.05) is 44.1 Å². The second kappa shape index (κ2) is 6.14. The first-order valence-electron chi connectivity index (χ1n) is 7.31. The Balaban J connectivity index is 1.70. The van der Waals surface area contributed by atoms with Crippen molar-refractivity contribution in [1.29, 1.82) is 0 Å². The lowest BCUT2D eigenvalue weighted by Crippen LogP contribution is -2.46. The lowest BCUT2D eigenvalue weighted by atomic mass is 10.1. The standard InChI is InChI=1S/C17H20FN3/c18-15-10-14(13-19)11-17(12-15)21-8-6-20(7-9-21)16-4-2-1-3-5-16/h1-5,10-12H,6-9,13,19H2. The highest BCUT2D eigenvalue weighted by molar-refractivity contribution is 5.53. The minimum absolute atomic E-state index is 0.210. The summed E-state index contributed by atoms with van der Waals surface area (Å²) >= 11 is 0. The van der Waals surface area contributed by atoms with Crippen LogP contribution in [0.25, 0.3) is 0 Å². The molecule has 0 saturated carbocycles. The largest absolute Gasteiger partial charge is 0.368 e. The molecule has 2 aromatic carbocycles. The molecule has 0 unspecified atom stereocenters. The number of nitrogens with zero attached hydrogens (tertiary/aromatic N) is 2. The molecule has 1 aliphatic rings. The number of nitrogens with two attached hydrogens (primary N) is 1. The Kier molecular flexibility index (Phi) is 4.06. The molecule has 0 aliphatic carbocycles. The molecule has 0 atom stereocenters. The first kappa shape index (κ1) is 13.9. The van der Waals surface area contributed by atoms with E-state index in [1.165, 1.54) is 11.8 Å². The molecule has 21 heavy (non-hydrogen) atoms. The van der Waals surface area contributed by atoms with Gasteiger partial charge in [0.1, 0.15) is 5.82 Å². The second-order valence-electron chi connectivity index (χ2n) is 5.33. The first-order chi connectivity index (χ1) is 10.3. The molecule has 0 radical (unpaired) electrons. The SMILES string of the molecule is NCc1cc(F)cc(N2CCN(c3ccccc3)CC2)c1. The summed E-state index contributed by atoms with van der Waals surface area (Å²) < 4.78 is 13.6. The van der Waals surface area contributed by atoms with Crippen molar-refractivity contribution in [2.45, 2.75) is 6.54 Å². The van der Waals surface area contributed by atoms with E-state index < -0.39 is 0 Å². The molecule has 0 aromatic heterocycles. The van der Waals surface area contributed by atoms with E-state index >= 15 is 0 Å². The normalized spacial score (nSPS) is 15.3. The predicted octanol–water partition coefficient (Wildman–Crippen LogP) is 2.61. The molecule has 3 nitrogen and oxygen atoms in total. The molecular formula is C17H20FN3. The van der Waals surface area contributed by atoms with Gasteiger partial charge in [0.05, 0.1) is 0 Å². The summed E-state index contributed by atoms with van der Waals surface area (Å²) in [6, 6.07) is 15.5. The average molecular weight is 285 g/mol. The van der Waals surface area contributed by atoms with Crippen molar-refractivity contribution in [3.05, 3.63) is 59.9 Å². The average Bonchev–Trinajstić information content (AvgIpc) is 2.55. The Morgan fingerprint density at radius 1 is 0.857 bits per heavy atom. The van der Waals surface area contributed by atoms with E-state index in [0.717, 1.165) is 37.4 Å². The van der Waals surface area contributed by atoms with E-state index in [2.05, 4.69) is 34.1 Å². The van der Waals surface area contributed by atoms with Crippen LogP contribution >= 0.6 is 0 Å². The van der Waals surface area contributed by atoms with Gasteiger partial charge in [-0.05, 0) is 35.9 Å². The van der Waals surface area contributed by atoms with E-state index in [0.29, 0.717) is 6.54 Å². The fourth-order valence-corrected chi connectivity index (χ4v) is 2.80. The van der Waals surface area contributed by atoms with Crippen LogP contribution in [0.1, 0.15) is 5.56 Å². The van der Waals surface area contributed by atoms with E-state index in [1.807, 2.05) is 12.1 Å². The Labute approximate surface area is 124 Å². The number of hydrogen-bond acceptors (Lipinski definition) is 3. The highest BCUT2D eigenvalue weighted by Gasteiger charge is 2.18. The van der Waals surface area contributed by atoms with Crippen LogP contribution in [0.15, 0.2) is 48.5 Å². The maximum atomic E-state index is 13.6. The molecule has 1 fully saturated rings. The van der Waals surface area contributed by atoms with Crippen molar-refractivity contribution < 1.29 is 4.39 Å². The summed E-state index contributed by atoms with van der Waals surface area (Å²) in [5.41, 5.74) is 8.65. The van der Waals surface area contributed by atoms with E-state index in [1.54, 1.807) is 6.07 Å². The van der Waals surface area contributed by atoms with Gasteiger partial charge in [-0.3, -0.25) is 0 Å². The molecule has 1 heterocycles. The van der Waals surface area contributed by atoms with Crippen LogP contribution in [0, 0.1) is 5.82 Å². The molecule has 2 N–H and O–H groups in total. The number of anilines is 2. The fraction of sp³-hybridized carbons (Fsp3) is 0.294. The van der Waals surface area contributed by atoms with Crippen molar-refractivity contribution in [3.63, 3.8) is 0 Å². The summed E-state index contributed by atoms with van der Waals surface area (Å²) in [7, 11) is 0. The third kappa shape index (κ3) is 3.16. The highest BCUT2D eigenvalue weighted by Crippen LogP contribution is 2.22. The van der Waals surface area contributed by atoms with Crippen LogP contribution in [-0.2, 0) is 6.54 Å². The zero-order chi connectivity index (χ0) is 14.7. The van der Waals surface area contributed by atoms with Crippen molar-refractivity contribution in [3.8, 4) is 0 Å². The fourth-order valence-electron chi connectivity index (χ4n) is 2.80. The molecule has 1 aliphatic heterocycles. The predicted molar refractivity (Wildman–Crippen MR) is 85.2 cm³/mol. The smallest absolute Gasteiger partial charge is 0.125 e. The third-order valence-electron chi connectivity index (χ3n) is 3.94. The van der Waals surface area contributed by atoms with Gasteiger partial charge >= 0.3 is 0 Å². The summed E-state index contributed by atoms with van der Waals surface area (Å²) in [6.45, 7) is 4.04. The van der Waals surface area contributed by atoms with Crippen molar-refractivity contribution >= 4 is 11.4 Å². The van der Waals surface area contributed by atoms with Gasteiger partial charge < -0.3 is 15.5 Å². The summed E-state index contributed by atoms with van der Waals surface area (Å²) in [5.74, 6) is -0.210. The van der Waals surface area contributed by atoms with Gasteiger partial charge in [0.2, 0.25) is 0 Å². The zero-order valence-electron chi connectivity index (χ0n) is 12.0. The zero-order valence-corrected chi connectivity index (χ0v) is 12.0. The quantitative estimate of drug-likeness (QED) is 0.941. The lowest BCUT2D eigenvalue weighted by molar-refractivity contribution is 0.618. The number of piperazine rings is 1. The van der Waals surface area contributed by atoms with Crippen LogP contribution in [0.4, 0.5) is 15.8 Å². The van der Waals surface area contributed by atoms with E-state index in [-0.39, 0.29) is 5.82 Å². The summed E-state index contributed by atoms with van der Waals surface area (Å²) in [6.07, 6.45) is 0. The summed E-state index contributed by atoms with van der Waals surface area (Å²) in [4.78, 5) is 4.58. The number of halogens is 1. The third-order valence-corrected chi connectivity index (χ3v) is 3.94. The maximum absolute atomic E-state index is 13.6. The molecule has 3 rings (SSSR count). The minimum atomic E-state index is -0.210. The van der Waals surface area contributed by atoms with Gasteiger partial charge in [-0.25, -0.2) is 4.39 Å². The molecule has 110 valence electrons. The number of rotatable bonds is 3. The topological polar surface area (TPSA) is 32.5 Å². The minimum Gasteiger partial charge on any atom is -0.368 e. The van der Waals surface area contributed by atoms with Crippen molar-refractivity contribution in [2.24, 2.45) is 5.73 Å². The van der Waals surface area contributed by atoms with Crippen molar-refractivity contribution in [1.82, 2.24) is 0 Å². The van der Waals surface area contributed by atoms with Crippen molar-refractivity contribution in [2.75, 3.05) is 36.0 Å². The first-order valence-corrected chi connectivity index (χ1v) is 7.31. The van der Waals surface area contributed by atoms with Crippen LogP contribution in [-0.4, -0.2) is 26.2 Å². The van der Waals surface area contributed by atoms with Crippen LogP contribution in [0.2, 0.25) is 0 Å². The Bertz CT molecular complexity index is 592. The monoisotopic (exact) mass is 285 g/mol. The van der Waals surface area contributed by atoms with Gasteiger partial charge in [-0.15, -0.1) is 0 Å². The number of benzene rings is 2. The van der Waals surface area contributed by atoms with Gasteiger partial charge in [0.15, 0.2) is 0 Å². The molecule has 4 heteroatoms. The molecule has 0 amide bonds. The lowest BCUT2D eigenvalue weighted by Gasteiger charge is -2.37. The number of hydrogen-bond donors (Lipinski definition) is 1. The maximum Gasteiger partial charge on any atom is 0.125 e. The number of para-hydroxylation sites is 1. The molecule has 1 saturated heterocycles. The van der Waals surface area contributed by atoms with Crippen LogP contribution in [0.3, 0.4) is 0 Å².